The number of piperidine rings is 1. The van der Waals surface area contributed by atoms with Crippen molar-refractivity contribution in [2.75, 3.05) is 27.2 Å². The zero-order valence-corrected chi connectivity index (χ0v) is 16.9. The minimum Gasteiger partial charge on any atom is -0.468 e. The number of likely N-dealkylation sites (tertiary alicyclic amines) is 1. The van der Waals surface area contributed by atoms with Gasteiger partial charge in [0.2, 0.25) is 0 Å². The predicted molar refractivity (Wildman–Crippen MR) is 108 cm³/mol. The van der Waals surface area contributed by atoms with Crippen molar-refractivity contribution in [1.82, 2.24) is 9.80 Å². The van der Waals surface area contributed by atoms with Crippen LogP contribution in [0.25, 0.3) is 0 Å². The van der Waals surface area contributed by atoms with E-state index < -0.39 is 11.3 Å². The summed E-state index contributed by atoms with van der Waals surface area (Å²) >= 11 is 0. The lowest BCUT2D eigenvalue weighted by molar-refractivity contribution is -0.149. The molecule has 0 spiro atoms. The molecular weight excluding hydrogens is 384 g/mol. The molecule has 0 saturated carbocycles. The van der Waals surface area contributed by atoms with Crippen LogP contribution < -0.4 is 0 Å². The Balaban J connectivity index is 1.56. The minimum absolute atomic E-state index is 0.223. The number of carbonyl (C=O) groups is 4. The zero-order valence-electron chi connectivity index (χ0n) is 16.9. The van der Waals surface area contributed by atoms with Crippen molar-refractivity contribution in [3.63, 3.8) is 0 Å². The van der Waals surface area contributed by atoms with E-state index in [9.17, 15) is 19.2 Å². The molecule has 0 aliphatic carbocycles. The van der Waals surface area contributed by atoms with Gasteiger partial charge >= 0.3 is 5.97 Å². The molecule has 0 N–H and O–H groups in total. The third kappa shape index (κ3) is 2.98. The number of carbonyl (C=O) groups excluding carboxylic acids is 4. The van der Waals surface area contributed by atoms with Gasteiger partial charge in [0, 0.05) is 25.7 Å². The molecule has 3 amide bonds. The van der Waals surface area contributed by atoms with E-state index in [-0.39, 0.29) is 23.3 Å². The quantitative estimate of drug-likeness (QED) is 0.577. The number of hydrogen-bond donors (Lipinski definition) is 0. The number of methoxy groups -OCH3 is 1. The summed E-state index contributed by atoms with van der Waals surface area (Å²) in [5, 5.41) is 0. The molecule has 1 saturated heterocycles. The number of fused-ring (bicyclic) bond motifs is 1. The van der Waals surface area contributed by atoms with E-state index in [4.69, 9.17) is 4.74 Å². The van der Waals surface area contributed by atoms with E-state index in [0.29, 0.717) is 37.1 Å². The minimum atomic E-state index is -0.782. The van der Waals surface area contributed by atoms with Gasteiger partial charge in [0.15, 0.2) is 0 Å². The summed E-state index contributed by atoms with van der Waals surface area (Å²) in [6.07, 6.45) is 0.890. The fourth-order valence-electron chi connectivity index (χ4n) is 4.33. The molecule has 0 atom stereocenters. The van der Waals surface area contributed by atoms with Crippen molar-refractivity contribution in [3.8, 4) is 0 Å². The molecule has 1 fully saturated rings. The van der Waals surface area contributed by atoms with Crippen molar-refractivity contribution in [2.24, 2.45) is 0 Å². The van der Waals surface area contributed by atoms with Crippen LogP contribution in [0, 0.1) is 0 Å². The van der Waals surface area contributed by atoms with Crippen LogP contribution in [0.5, 0.6) is 0 Å². The first kappa shape index (κ1) is 19.8. The number of hydrogen-bond acceptors (Lipinski definition) is 5. The van der Waals surface area contributed by atoms with E-state index in [2.05, 4.69) is 0 Å². The Bertz CT molecular complexity index is 1040. The van der Waals surface area contributed by atoms with E-state index in [1.807, 2.05) is 30.3 Å². The highest BCUT2D eigenvalue weighted by Crippen LogP contribution is 2.37. The smallest absolute Gasteiger partial charge is 0.316 e. The Morgan fingerprint density at radius 3 is 2.20 bits per heavy atom. The number of rotatable bonds is 3. The fraction of sp³-hybridized carbons (Fsp3) is 0.304. The highest BCUT2D eigenvalue weighted by Gasteiger charge is 2.45. The van der Waals surface area contributed by atoms with Gasteiger partial charge in [-0.05, 0) is 36.6 Å². The summed E-state index contributed by atoms with van der Waals surface area (Å²) < 4.78 is 5.09. The average molecular weight is 406 g/mol. The first-order valence-corrected chi connectivity index (χ1v) is 9.79. The Hall–Kier alpha value is -3.48. The molecule has 154 valence electrons. The zero-order chi connectivity index (χ0) is 21.5. The van der Waals surface area contributed by atoms with Gasteiger partial charge in [0.05, 0.1) is 23.7 Å². The predicted octanol–water partition coefficient (Wildman–Crippen LogP) is 2.26. The van der Waals surface area contributed by atoms with Gasteiger partial charge in [-0.2, -0.15) is 0 Å². The topological polar surface area (TPSA) is 84.0 Å². The third-order valence-corrected chi connectivity index (χ3v) is 6.14. The van der Waals surface area contributed by atoms with Crippen LogP contribution >= 0.6 is 0 Å². The first-order valence-electron chi connectivity index (χ1n) is 9.79. The molecule has 7 nitrogen and oxygen atoms in total. The Labute approximate surface area is 174 Å². The number of esters is 1. The molecule has 0 unspecified atom stereocenters. The molecule has 2 aromatic carbocycles. The average Bonchev–Trinajstić information content (AvgIpc) is 3.02. The van der Waals surface area contributed by atoms with Gasteiger partial charge in [0.25, 0.3) is 17.7 Å². The van der Waals surface area contributed by atoms with Crippen molar-refractivity contribution in [3.05, 3.63) is 70.8 Å². The van der Waals surface area contributed by atoms with Crippen LogP contribution in [0.4, 0.5) is 0 Å². The van der Waals surface area contributed by atoms with E-state index in [1.54, 1.807) is 11.0 Å². The molecule has 2 aliphatic heterocycles. The monoisotopic (exact) mass is 406 g/mol. The molecule has 2 aliphatic rings. The third-order valence-electron chi connectivity index (χ3n) is 6.14. The molecule has 30 heavy (non-hydrogen) atoms. The molecule has 2 heterocycles. The van der Waals surface area contributed by atoms with Crippen molar-refractivity contribution in [2.45, 2.75) is 18.3 Å². The summed E-state index contributed by atoms with van der Waals surface area (Å²) in [5.74, 6) is -1.29. The van der Waals surface area contributed by atoms with Crippen molar-refractivity contribution in [1.29, 1.82) is 0 Å². The number of ether oxygens (including phenoxy) is 1. The largest absolute Gasteiger partial charge is 0.468 e. The Kier molecular flexibility index (Phi) is 4.89. The maximum absolute atomic E-state index is 13.1. The molecule has 0 radical (unpaired) electrons. The number of nitrogens with zero attached hydrogens (tertiary/aromatic N) is 2. The molecule has 0 aromatic heterocycles. The number of amides is 3. The van der Waals surface area contributed by atoms with E-state index in [0.717, 1.165) is 10.5 Å². The van der Waals surface area contributed by atoms with Crippen molar-refractivity contribution < 1.29 is 23.9 Å². The summed E-state index contributed by atoms with van der Waals surface area (Å²) in [7, 11) is 2.80. The summed E-state index contributed by atoms with van der Waals surface area (Å²) in [5.41, 5.74) is 1.02. The first-order chi connectivity index (χ1) is 14.4. The lowest BCUT2D eigenvalue weighted by Gasteiger charge is -2.40. The molecular formula is C23H22N2O5. The highest BCUT2D eigenvalue weighted by molar-refractivity contribution is 6.21. The van der Waals surface area contributed by atoms with Crippen LogP contribution in [0.1, 0.15) is 49.5 Å². The maximum Gasteiger partial charge on any atom is 0.316 e. The molecule has 2 aromatic rings. The van der Waals surface area contributed by atoms with Crippen LogP contribution in [0.2, 0.25) is 0 Å². The normalized spacial score (nSPS) is 17.7. The highest BCUT2D eigenvalue weighted by atomic mass is 16.5. The maximum atomic E-state index is 13.1. The SMILES string of the molecule is COC(=O)C1(c2ccccc2)CCN(C(=O)c2ccc3c(c2)C(=O)N(C)C3=O)CC1. The lowest BCUT2D eigenvalue weighted by atomic mass is 9.72. The Morgan fingerprint density at radius 1 is 0.933 bits per heavy atom. The summed E-state index contributed by atoms with van der Waals surface area (Å²) in [4.78, 5) is 52.7. The lowest BCUT2D eigenvalue weighted by Crippen LogP contribution is -2.49. The van der Waals surface area contributed by atoms with Crippen LogP contribution in [-0.2, 0) is 14.9 Å². The summed E-state index contributed by atoms with van der Waals surface area (Å²) in [6, 6.07) is 14.1. The van der Waals surface area contributed by atoms with Gasteiger partial charge in [-0.3, -0.25) is 24.1 Å². The summed E-state index contributed by atoms with van der Waals surface area (Å²) in [6.45, 7) is 0.763. The van der Waals surface area contributed by atoms with E-state index >= 15 is 0 Å². The second-order valence-corrected chi connectivity index (χ2v) is 7.66. The van der Waals surface area contributed by atoms with Gasteiger partial charge in [-0.25, -0.2) is 0 Å². The molecule has 7 heteroatoms. The number of benzene rings is 2. The van der Waals surface area contributed by atoms with Gasteiger partial charge in [-0.15, -0.1) is 0 Å². The van der Waals surface area contributed by atoms with Crippen molar-refractivity contribution >= 4 is 23.7 Å². The van der Waals surface area contributed by atoms with Crippen LogP contribution in [0.3, 0.4) is 0 Å². The van der Waals surface area contributed by atoms with Crippen LogP contribution in [0.15, 0.2) is 48.5 Å². The fourth-order valence-corrected chi connectivity index (χ4v) is 4.33. The standard InChI is InChI=1S/C23H22N2O5/c1-24-20(27)17-9-8-15(14-18(17)21(24)28)19(26)25-12-10-23(11-13-25,22(29)30-2)16-6-4-3-5-7-16/h3-9,14H,10-13H2,1-2H3. The molecule has 0 bridgehead atoms. The van der Waals surface area contributed by atoms with Gasteiger partial charge < -0.3 is 9.64 Å². The van der Waals surface area contributed by atoms with E-state index in [1.165, 1.54) is 26.3 Å². The molecule has 4 rings (SSSR count). The van der Waals surface area contributed by atoms with Crippen LogP contribution in [-0.4, -0.2) is 60.7 Å². The second kappa shape index (κ2) is 7.40. The number of imide groups is 1. The Morgan fingerprint density at radius 2 is 1.57 bits per heavy atom. The van der Waals surface area contributed by atoms with Gasteiger partial charge in [-0.1, -0.05) is 30.3 Å². The second-order valence-electron chi connectivity index (χ2n) is 7.66. The van der Waals surface area contributed by atoms with Gasteiger partial charge in [0.1, 0.15) is 0 Å².